The number of hydrogen-bond donors (Lipinski definition) is 1. The molecule has 1 aromatic heterocycles. The Morgan fingerprint density at radius 1 is 1.05 bits per heavy atom. The Balaban J connectivity index is 1.90. The van der Waals surface area contributed by atoms with Crippen LogP contribution in [0.4, 0.5) is 0 Å². The maximum Gasteiger partial charge on any atom is 0.335 e. The van der Waals surface area contributed by atoms with E-state index in [0.717, 1.165) is 23.4 Å². The zero-order chi connectivity index (χ0) is 13.9. The van der Waals surface area contributed by atoms with E-state index in [1.807, 2.05) is 12.1 Å². The lowest BCUT2D eigenvalue weighted by Crippen LogP contribution is -1.96. The summed E-state index contributed by atoms with van der Waals surface area (Å²) in [4.78, 5) is 17.1. The highest BCUT2D eigenvalue weighted by Crippen LogP contribution is 2.31. The van der Waals surface area contributed by atoms with E-state index < -0.39 is 5.97 Å². The predicted octanol–water partition coefficient (Wildman–Crippen LogP) is 4.17. The van der Waals surface area contributed by atoms with Crippen LogP contribution in [-0.4, -0.2) is 16.1 Å². The minimum atomic E-state index is -0.886. The van der Waals surface area contributed by atoms with Crippen molar-refractivity contribution in [2.24, 2.45) is 0 Å². The summed E-state index contributed by atoms with van der Waals surface area (Å²) in [5.74, 6) is -0.886. The van der Waals surface area contributed by atoms with Crippen molar-refractivity contribution in [1.82, 2.24) is 4.98 Å². The summed E-state index contributed by atoms with van der Waals surface area (Å²) in [5.41, 5.74) is 2.60. The predicted molar refractivity (Wildman–Crippen MR) is 80.4 cm³/mol. The third-order valence-electron chi connectivity index (χ3n) is 3.72. The summed E-state index contributed by atoms with van der Waals surface area (Å²) in [6.07, 6.45) is 7.33. The van der Waals surface area contributed by atoms with Crippen LogP contribution in [0.25, 0.3) is 10.6 Å². The molecule has 2 aromatic rings. The van der Waals surface area contributed by atoms with Gasteiger partial charge in [0.05, 0.1) is 11.3 Å². The Hall–Kier alpha value is -1.68. The zero-order valence-corrected chi connectivity index (χ0v) is 12.1. The van der Waals surface area contributed by atoms with Crippen LogP contribution < -0.4 is 0 Å². The van der Waals surface area contributed by atoms with E-state index in [9.17, 15) is 4.79 Å². The fourth-order valence-corrected chi connectivity index (χ4v) is 3.74. The monoisotopic (exact) mass is 287 g/mol. The fraction of sp³-hybridized carbons (Fsp3) is 0.375. The molecule has 0 spiro atoms. The molecule has 1 aliphatic carbocycles. The number of aryl methyl sites for hydroxylation is 2. The Kier molecular flexibility index (Phi) is 3.83. The molecule has 20 heavy (non-hydrogen) atoms. The van der Waals surface area contributed by atoms with Gasteiger partial charge in [0.2, 0.25) is 0 Å². The lowest BCUT2D eigenvalue weighted by Gasteiger charge is -2.06. The minimum absolute atomic E-state index is 0.323. The van der Waals surface area contributed by atoms with Crippen molar-refractivity contribution in [1.29, 1.82) is 0 Å². The van der Waals surface area contributed by atoms with Crippen LogP contribution in [0.1, 0.15) is 46.6 Å². The van der Waals surface area contributed by atoms with Gasteiger partial charge in [-0.15, -0.1) is 11.3 Å². The largest absolute Gasteiger partial charge is 0.478 e. The summed E-state index contributed by atoms with van der Waals surface area (Å²) in [6, 6.07) is 7.01. The van der Waals surface area contributed by atoms with E-state index >= 15 is 0 Å². The second kappa shape index (κ2) is 5.75. The topological polar surface area (TPSA) is 50.2 Å². The molecule has 3 nitrogen and oxygen atoms in total. The summed E-state index contributed by atoms with van der Waals surface area (Å²) in [7, 11) is 0. The highest BCUT2D eigenvalue weighted by Gasteiger charge is 2.14. The van der Waals surface area contributed by atoms with Gasteiger partial charge in [0.15, 0.2) is 0 Å². The SMILES string of the molecule is O=C(O)c1ccc(-c2nc3c(s2)CCCCCC3)cc1. The Labute approximate surface area is 122 Å². The van der Waals surface area contributed by atoms with Gasteiger partial charge >= 0.3 is 5.97 Å². The Bertz CT molecular complexity index is 590. The molecular weight excluding hydrogens is 270 g/mol. The molecule has 0 radical (unpaired) electrons. The molecule has 0 aliphatic heterocycles. The first kappa shape index (κ1) is 13.3. The molecule has 4 heteroatoms. The maximum absolute atomic E-state index is 10.9. The lowest BCUT2D eigenvalue weighted by molar-refractivity contribution is 0.0697. The van der Waals surface area contributed by atoms with Gasteiger partial charge < -0.3 is 5.11 Å². The summed E-state index contributed by atoms with van der Waals surface area (Å²) in [6.45, 7) is 0. The molecule has 1 N–H and O–H groups in total. The molecule has 0 unspecified atom stereocenters. The van der Waals surface area contributed by atoms with Gasteiger partial charge in [-0.1, -0.05) is 25.0 Å². The number of fused-ring (bicyclic) bond motifs is 1. The quantitative estimate of drug-likeness (QED) is 0.902. The average molecular weight is 287 g/mol. The van der Waals surface area contributed by atoms with Crippen molar-refractivity contribution in [3.05, 3.63) is 40.4 Å². The first-order valence-corrected chi connectivity index (χ1v) is 7.88. The number of carboxylic acid groups (broad SMARTS) is 1. The van der Waals surface area contributed by atoms with E-state index in [0.29, 0.717) is 5.56 Å². The molecular formula is C16H17NO2S. The second-order valence-electron chi connectivity index (χ2n) is 5.19. The standard InChI is InChI=1S/C16H17NO2S/c18-16(19)12-9-7-11(8-10-12)15-17-13-5-3-1-2-4-6-14(13)20-15/h7-10H,1-6H2,(H,18,19). The number of aromatic carboxylic acids is 1. The van der Waals surface area contributed by atoms with E-state index in [1.54, 1.807) is 23.5 Å². The molecule has 0 saturated carbocycles. The lowest BCUT2D eigenvalue weighted by atomic mass is 10.0. The highest BCUT2D eigenvalue weighted by atomic mass is 32.1. The van der Waals surface area contributed by atoms with Gasteiger partial charge in [0.1, 0.15) is 5.01 Å². The molecule has 0 amide bonds. The molecule has 1 aromatic carbocycles. The molecule has 0 atom stereocenters. The summed E-state index contributed by atoms with van der Waals surface area (Å²) in [5, 5.41) is 9.95. The van der Waals surface area contributed by atoms with Crippen molar-refractivity contribution in [2.75, 3.05) is 0 Å². The number of carboxylic acids is 1. The van der Waals surface area contributed by atoms with Crippen LogP contribution in [-0.2, 0) is 12.8 Å². The Morgan fingerprint density at radius 2 is 1.75 bits per heavy atom. The van der Waals surface area contributed by atoms with Crippen LogP contribution in [0.2, 0.25) is 0 Å². The number of thiazole rings is 1. The van der Waals surface area contributed by atoms with Gasteiger partial charge in [-0.25, -0.2) is 9.78 Å². The van der Waals surface area contributed by atoms with Crippen LogP contribution in [0.15, 0.2) is 24.3 Å². The fourth-order valence-electron chi connectivity index (χ4n) is 2.58. The van der Waals surface area contributed by atoms with Crippen molar-refractivity contribution in [3.63, 3.8) is 0 Å². The van der Waals surface area contributed by atoms with Gasteiger partial charge in [-0.2, -0.15) is 0 Å². The molecule has 104 valence electrons. The van der Waals surface area contributed by atoms with Gasteiger partial charge in [0.25, 0.3) is 0 Å². The number of carbonyl (C=O) groups is 1. The van der Waals surface area contributed by atoms with E-state index in [2.05, 4.69) is 0 Å². The molecule has 0 fully saturated rings. The van der Waals surface area contributed by atoms with Crippen LogP contribution in [0.5, 0.6) is 0 Å². The summed E-state index contributed by atoms with van der Waals surface area (Å²) >= 11 is 1.77. The third kappa shape index (κ3) is 2.75. The minimum Gasteiger partial charge on any atom is -0.478 e. The van der Waals surface area contributed by atoms with Crippen LogP contribution >= 0.6 is 11.3 Å². The maximum atomic E-state index is 10.9. The molecule has 0 saturated heterocycles. The average Bonchev–Trinajstić information content (AvgIpc) is 2.81. The van der Waals surface area contributed by atoms with Crippen molar-refractivity contribution in [3.8, 4) is 10.6 Å². The smallest absolute Gasteiger partial charge is 0.335 e. The zero-order valence-electron chi connectivity index (χ0n) is 11.3. The van der Waals surface area contributed by atoms with Crippen molar-refractivity contribution < 1.29 is 9.90 Å². The second-order valence-corrected chi connectivity index (χ2v) is 6.27. The van der Waals surface area contributed by atoms with E-state index in [1.165, 1.54) is 36.3 Å². The van der Waals surface area contributed by atoms with E-state index in [4.69, 9.17) is 10.1 Å². The number of hydrogen-bond acceptors (Lipinski definition) is 3. The highest BCUT2D eigenvalue weighted by molar-refractivity contribution is 7.15. The number of nitrogens with zero attached hydrogens (tertiary/aromatic N) is 1. The molecule has 0 bridgehead atoms. The third-order valence-corrected chi connectivity index (χ3v) is 4.93. The normalized spacial score (nSPS) is 15.2. The van der Waals surface area contributed by atoms with Gasteiger partial charge in [0, 0.05) is 10.4 Å². The first-order chi connectivity index (χ1) is 9.74. The van der Waals surface area contributed by atoms with Gasteiger partial charge in [-0.3, -0.25) is 0 Å². The van der Waals surface area contributed by atoms with E-state index in [-0.39, 0.29) is 0 Å². The van der Waals surface area contributed by atoms with Crippen molar-refractivity contribution >= 4 is 17.3 Å². The van der Waals surface area contributed by atoms with Gasteiger partial charge in [-0.05, 0) is 37.8 Å². The summed E-state index contributed by atoms with van der Waals surface area (Å²) < 4.78 is 0. The Morgan fingerprint density at radius 3 is 2.45 bits per heavy atom. The van der Waals surface area contributed by atoms with Crippen LogP contribution in [0.3, 0.4) is 0 Å². The number of benzene rings is 1. The number of aromatic nitrogens is 1. The first-order valence-electron chi connectivity index (χ1n) is 7.06. The molecule has 3 rings (SSSR count). The molecule has 1 aliphatic rings. The number of rotatable bonds is 2. The molecule has 1 heterocycles. The van der Waals surface area contributed by atoms with Crippen molar-refractivity contribution in [2.45, 2.75) is 38.5 Å². The van der Waals surface area contributed by atoms with Crippen LogP contribution in [0, 0.1) is 0 Å².